The second-order valence-electron chi connectivity index (χ2n) is 6.59. The molecular weight excluding hydrogens is 508 g/mol. The number of nitrogens with zero attached hydrogens (tertiary/aromatic N) is 1. The molecule has 0 heterocycles. The Morgan fingerprint density at radius 3 is 2.40 bits per heavy atom. The van der Waals surface area contributed by atoms with E-state index in [1.54, 1.807) is 24.3 Å². The van der Waals surface area contributed by atoms with Crippen LogP contribution in [0.1, 0.15) is 16.7 Å². The van der Waals surface area contributed by atoms with Crippen LogP contribution in [0.4, 0.5) is 5.69 Å². The van der Waals surface area contributed by atoms with Crippen LogP contribution in [0.3, 0.4) is 0 Å². The van der Waals surface area contributed by atoms with Gasteiger partial charge in [-0.05, 0) is 76.5 Å². The average Bonchev–Trinajstić information content (AvgIpc) is 2.74. The number of nitriles is 1. The minimum absolute atomic E-state index is 0.0194. The molecule has 0 unspecified atom stereocenters. The highest BCUT2D eigenvalue weighted by atomic mass is 79.9. The Hall–Kier alpha value is -2.88. The Balaban J connectivity index is 1.69. The molecule has 0 saturated heterocycles. The quantitative estimate of drug-likeness (QED) is 0.289. The molecule has 3 aromatic carbocycles. The van der Waals surface area contributed by atoms with E-state index in [4.69, 9.17) is 4.74 Å². The van der Waals surface area contributed by atoms with E-state index in [0.717, 1.165) is 20.1 Å². The maximum absolute atomic E-state index is 12.4. The molecular formula is C24H18Br2N2O2. The Labute approximate surface area is 192 Å². The summed E-state index contributed by atoms with van der Waals surface area (Å²) in [6, 6.07) is 22.7. The van der Waals surface area contributed by atoms with Gasteiger partial charge in [-0.25, -0.2) is 0 Å². The van der Waals surface area contributed by atoms with Crippen LogP contribution in [-0.2, 0) is 11.4 Å². The van der Waals surface area contributed by atoms with Crippen molar-refractivity contribution in [3.05, 3.63) is 97.9 Å². The summed E-state index contributed by atoms with van der Waals surface area (Å²) < 4.78 is 7.62. The molecule has 3 aromatic rings. The number of carbonyl (C=O) groups is 1. The van der Waals surface area contributed by atoms with Gasteiger partial charge < -0.3 is 10.1 Å². The Morgan fingerprint density at radius 2 is 1.77 bits per heavy atom. The number of rotatable bonds is 6. The van der Waals surface area contributed by atoms with Crippen molar-refractivity contribution >= 4 is 49.5 Å². The van der Waals surface area contributed by atoms with E-state index in [9.17, 15) is 10.1 Å². The molecule has 0 radical (unpaired) electrons. The van der Waals surface area contributed by atoms with Gasteiger partial charge >= 0.3 is 0 Å². The molecule has 3 rings (SSSR count). The van der Waals surface area contributed by atoms with E-state index in [-0.39, 0.29) is 5.57 Å². The lowest BCUT2D eigenvalue weighted by Gasteiger charge is -2.09. The highest BCUT2D eigenvalue weighted by Gasteiger charge is 2.10. The lowest BCUT2D eigenvalue weighted by Crippen LogP contribution is -2.13. The number of ether oxygens (including phenoxy) is 1. The molecule has 0 fully saturated rings. The fraction of sp³-hybridized carbons (Fsp3) is 0.0833. The highest BCUT2D eigenvalue weighted by Crippen LogP contribution is 2.28. The number of carbonyl (C=O) groups excluding carboxylic acids is 1. The van der Waals surface area contributed by atoms with Crippen LogP contribution in [0.5, 0.6) is 5.75 Å². The molecule has 0 aliphatic rings. The summed E-state index contributed by atoms with van der Waals surface area (Å²) in [5, 5.41) is 12.2. The van der Waals surface area contributed by atoms with Crippen LogP contribution in [0.2, 0.25) is 0 Å². The summed E-state index contributed by atoms with van der Waals surface area (Å²) in [7, 11) is 0. The smallest absolute Gasteiger partial charge is 0.266 e. The standard InChI is InChI=1S/C24H18Br2N2O2/c1-16-2-9-21(10-3-16)28-24(29)19(14-27)12-18-6-11-23(22(26)13-18)30-15-17-4-7-20(25)8-5-17/h2-13H,15H2,1H3,(H,28,29)/b19-12-. The molecule has 1 N–H and O–H groups in total. The summed E-state index contributed by atoms with van der Waals surface area (Å²) in [5.41, 5.74) is 3.52. The lowest BCUT2D eigenvalue weighted by molar-refractivity contribution is -0.112. The van der Waals surface area contributed by atoms with Crippen LogP contribution in [-0.4, -0.2) is 5.91 Å². The normalized spacial score (nSPS) is 10.9. The minimum Gasteiger partial charge on any atom is -0.488 e. The molecule has 4 nitrogen and oxygen atoms in total. The van der Waals surface area contributed by atoms with Crippen molar-refractivity contribution in [2.75, 3.05) is 5.32 Å². The van der Waals surface area contributed by atoms with Crippen LogP contribution in [0.25, 0.3) is 6.08 Å². The van der Waals surface area contributed by atoms with Crippen LogP contribution in [0.15, 0.2) is 81.2 Å². The van der Waals surface area contributed by atoms with Gasteiger partial charge in [-0.1, -0.05) is 51.8 Å². The summed E-state index contributed by atoms with van der Waals surface area (Å²) in [5.74, 6) is 0.228. The number of nitrogens with one attached hydrogen (secondary N) is 1. The fourth-order valence-electron chi connectivity index (χ4n) is 2.62. The topological polar surface area (TPSA) is 62.1 Å². The number of halogens is 2. The second kappa shape index (κ2) is 10.2. The molecule has 1 amide bonds. The predicted molar refractivity (Wildman–Crippen MR) is 126 cm³/mol. The van der Waals surface area contributed by atoms with Gasteiger partial charge in [-0.3, -0.25) is 4.79 Å². The van der Waals surface area contributed by atoms with Crippen LogP contribution >= 0.6 is 31.9 Å². The minimum atomic E-state index is -0.451. The van der Waals surface area contributed by atoms with Crippen LogP contribution < -0.4 is 10.1 Å². The summed E-state index contributed by atoms with van der Waals surface area (Å²) in [4.78, 5) is 12.4. The van der Waals surface area contributed by atoms with Gasteiger partial charge in [-0.15, -0.1) is 0 Å². The second-order valence-corrected chi connectivity index (χ2v) is 8.36. The molecule has 0 aliphatic heterocycles. The van der Waals surface area contributed by atoms with Gasteiger partial charge in [0, 0.05) is 10.2 Å². The molecule has 6 heteroatoms. The van der Waals surface area contributed by atoms with Gasteiger partial charge in [0.15, 0.2) is 0 Å². The summed E-state index contributed by atoms with van der Waals surface area (Å²) in [6.07, 6.45) is 1.55. The SMILES string of the molecule is Cc1ccc(NC(=O)/C(C#N)=C\c2ccc(OCc3ccc(Br)cc3)c(Br)c2)cc1. The Morgan fingerprint density at radius 1 is 1.07 bits per heavy atom. The molecule has 0 spiro atoms. The van der Waals surface area contributed by atoms with Crippen molar-refractivity contribution in [2.45, 2.75) is 13.5 Å². The third-order valence-corrected chi connectivity index (χ3v) is 5.40. The lowest BCUT2D eigenvalue weighted by atomic mass is 10.1. The first kappa shape index (κ1) is 21.8. The number of hydrogen-bond acceptors (Lipinski definition) is 3. The first-order valence-corrected chi connectivity index (χ1v) is 10.7. The van der Waals surface area contributed by atoms with E-state index in [1.165, 1.54) is 0 Å². The van der Waals surface area contributed by atoms with E-state index in [2.05, 4.69) is 37.2 Å². The monoisotopic (exact) mass is 524 g/mol. The number of amides is 1. The van der Waals surface area contributed by atoms with Gasteiger partial charge in [0.1, 0.15) is 24.0 Å². The van der Waals surface area contributed by atoms with Gasteiger partial charge in [0.2, 0.25) is 0 Å². The molecule has 0 aliphatic carbocycles. The van der Waals surface area contributed by atoms with E-state index < -0.39 is 5.91 Å². The molecule has 0 aromatic heterocycles. The largest absolute Gasteiger partial charge is 0.488 e. The van der Waals surface area contributed by atoms with Gasteiger partial charge in [0.05, 0.1) is 4.47 Å². The van der Waals surface area contributed by atoms with Crippen LogP contribution in [0, 0.1) is 18.3 Å². The third kappa shape index (κ3) is 6.06. The van der Waals surface area contributed by atoms with Crippen molar-refractivity contribution in [3.8, 4) is 11.8 Å². The van der Waals surface area contributed by atoms with Crippen molar-refractivity contribution in [2.24, 2.45) is 0 Å². The van der Waals surface area contributed by atoms with Crippen molar-refractivity contribution in [1.29, 1.82) is 5.26 Å². The molecule has 0 atom stereocenters. The first-order chi connectivity index (χ1) is 14.4. The van der Waals surface area contributed by atoms with Gasteiger partial charge in [0.25, 0.3) is 5.91 Å². The van der Waals surface area contributed by atoms with Crippen molar-refractivity contribution in [3.63, 3.8) is 0 Å². The maximum Gasteiger partial charge on any atom is 0.266 e. The Kier molecular flexibility index (Phi) is 7.45. The zero-order valence-electron chi connectivity index (χ0n) is 16.2. The Bertz CT molecular complexity index is 1120. The number of benzene rings is 3. The highest BCUT2D eigenvalue weighted by molar-refractivity contribution is 9.10. The number of anilines is 1. The van der Waals surface area contributed by atoms with Crippen molar-refractivity contribution < 1.29 is 9.53 Å². The van der Waals surface area contributed by atoms with Crippen molar-refractivity contribution in [1.82, 2.24) is 0 Å². The molecule has 150 valence electrons. The van der Waals surface area contributed by atoms with E-state index in [1.807, 2.05) is 61.5 Å². The zero-order chi connectivity index (χ0) is 21.5. The molecule has 0 bridgehead atoms. The zero-order valence-corrected chi connectivity index (χ0v) is 19.3. The molecule has 30 heavy (non-hydrogen) atoms. The summed E-state index contributed by atoms with van der Waals surface area (Å²) >= 11 is 6.91. The number of aryl methyl sites for hydroxylation is 1. The maximum atomic E-state index is 12.4. The molecule has 0 saturated carbocycles. The predicted octanol–water partition coefficient (Wildman–Crippen LogP) is 6.64. The average molecular weight is 526 g/mol. The first-order valence-electron chi connectivity index (χ1n) is 9.11. The van der Waals surface area contributed by atoms with E-state index >= 15 is 0 Å². The summed E-state index contributed by atoms with van der Waals surface area (Å²) in [6.45, 7) is 2.40. The van der Waals surface area contributed by atoms with Gasteiger partial charge in [-0.2, -0.15) is 5.26 Å². The fourth-order valence-corrected chi connectivity index (χ4v) is 3.39. The van der Waals surface area contributed by atoms with E-state index in [0.29, 0.717) is 23.6 Å². The number of hydrogen-bond donors (Lipinski definition) is 1. The third-order valence-electron chi connectivity index (χ3n) is 4.25.